The second-order valence-corrected chi connectivity index (χ2v) is 6.74. The molecule has 0 fully saturated rings. The zero-order valence-electron chi connectivity index (χ0n) is 13.5. The van der Waals surface area contributed by atoms with Gasteiger partial charge in [0.05, 0.1) is 11.2 Å². The Morgan fingerprint density at radius 1 is 1.13 bits per heavy atom. The summed E-state index contributed by atoms with van der Waals surface area (Å²) in [6.07, 6.45) is 3.66. The largest absolute Gasteiger partial charge is 0.376 e. The third kappa shape index (κ3) is 3.28. The van der Waals surface area contributed by atoms with Gasteiger partial charge in [0.2, 0.25) is 0 Å². The Morgan fingerprint density at radius 2 is 1.74 bits per heavy atom. The molecule has 0 unspecified atom stereocenters. The molecule has 3 nitrogen and oxygen atoms in total. The summed E-state index contributed by atoms with van der Waals surface area (Å²) in [6.45, 7) is 0.514. The second kappa shape index (κ2) is 6.77. The Kier molecular flexibility index (Phi) is 4.74. The van der Waals surface area contributed by atoms with Gasteiger partial charge in [-0.25, -0.2) is 0 Å². The van der Waals surface area contributed by atoms with Gasteiger partial charge in [0.1, 0.15) is 0 Å². The number of hydrogen-bond donors (Lipinski definition) is 1. The molecule has 0 spiro atoms. The molecule has 4 heteroatoms. The van der Waals surface area contributed by atoms with Crippen LogP contribution in [0.1, 0.15) is 21.5 Å². The van der Waals surface area contributed by atoms with Crippen LogP contribution in [0.3, 0.4) is 0 Å². The molecule has 1 aliphatic rings. The van der Waals surface area contributed by atoms with Gasteiger partial charge in [-0.05, 0) is 29.5 Å². The maximum Gasteiger partial charge on any atom is 0.252 e. The zero-order chi connectivity index (χ0) is 16.3. The maximum absolute atomic E-state index is 12.5. The van der Waals surface area contributed by atoms with Crippen molar-refractivity contribution < 1.29 is 9.53 Å². The number of fused-ring (bicyclic) bond motifs is 1. The molecular formula is C19H21NO2S. The highest BCUT2D eigenvalue weighted by Gasteiger charge is 2.37. The van der Waals surface area contributed by atoms with Crippen LogP contribution in [-0.4, -0.2) is 31.4 Å². The Balaban J connectivity index is 1.71. The van der Waals surface area contributed by atoms with E-state index in [4.69, 9.17) is 4.74 Å². The summed E-state index contributed by atoms with van der Waals surface area (Å²) < 4.78 is 5.80. The number of benzene rings is 2. The van der Waals surface area contributed by atoms with Gasteiger partial charge >= 0.3 is 0 Å². The minimum Gasteiger partial charge on any atom is -0.376 e. The van der Waals surface area contributed by atoms with Crippen molar-refractivity contribution in [1.82, 2.24) is 5.32 Å². The number of carbonyl (C=O) groups is 1. The molecule has 2 aromatic rings. The quantitative estimate of drug-likeness (QED) is 0.856. The molecule has 2 aromatic carbocycles. The molecule has 0 aliphatic heterocycles. The van der Waals surface area contributed by atoms with Gasteiger partial charge < -0.3 is 10.1 Å². The molecule has 0 radical (unpaired) electrons. The lowest BCUT2D eigenvalue weighted by molar-refractivity contribution is 0.000153. The van der Waals surface area contributed by atoms with E-state index in [1.807, 2.05) is 30.5 Å². The molecule has 0 aromatic heterocycles. The van der Waals surface area contributed by atoms with Gasteiger partial charge in [-0.1, -0.05) is 36.4 Å². The van der Waals surface area contributed by atoms with E-state index < -0.39 is 0 Å². The number of ether oxygens (including phenoxy) is 1. The lowest BCUT2D eigenvalue weighted by Crippen LogP contribution is -2.45. The highest BCUT2D eigenvalue weighted by atomic mass is 32.2. The molecule has 0 saturated carbocycles. The van der Waals surface area contributed by atoms with Crippen molar-refractivity contribution in [2.75, 3.05) is 19.9 Å². The first-order valence-electron chi connectivity index (χ1n) is 7.70. The van der Waals surface area contributed by atoms with Crippen LogP contribution in [0.2, 0.25) is 0 Å². The number of carbonyl (C=O) groups excluding carboxylic acids is 1. The first kappa shape index (κ1) is 16.1. The smallest absolute Gasteiger partial charge is 0.252 e. The number of methoxy groups -OCH3 is 1. The molecule has 1 amide bonds. The summed E-state index contributed by atoms with van der Waals surface area (Å²) in [5.74, 6) is -0.0395. The summed E-state index contributed by atoms with van der Waals surface area (Å²) in [5.41, 5.74) is 3.01. The fourth-order valence-electron chi connectivity index (χ4n) is 3.17. The summed E-state index contributed by atoms with van der Waals surface area (Å²) in [7, 11) is 1.73. The number of amides is 1. The fraction of sp³-hybridized carbons (Fsp3) is 0.316. The molecule has 0 saturated heterocycles. The molecule has 0 heterocycles. The summed E-state index contributed by atoms with van der Waals surface area (Å²) in [4.78, 5) is 13.5. The van der Waals surface area contributed by atoms with E-state index in [0.717, 1.165) is 23.3 Å². The Labute approximate surface area is 141 Å². The molecular weight excluding hydrogens is 306 g/mol. The number of rotatable bonds is 5. The van der Waals surface area contributed by atoms with Crippen molar-refractivity contribution in [3.8, 4) is 0 Å². The molecule has 1 N–H and O–H groups in total. The minimum atomic E-state index is -0.340. The predicted octanol–water partition coefficient (Wildman–Crippen LogP) is 3.32. The highest BCUT2D eigenvalue weighted by molar-refractivity contribution is 7.98. The Morgan fingerprint density at radius 3 is 2.35 bits per heavy atom. The van der Waals surface area contributed by atoms with Crippen LogP contribution in [0.25, 0.3) is 0 Å². The first-order valence-corrected chi connectivity index (χ1v) is 8.93. The van der Waals surface area contributed by atoms with Gasteiger partial charge in [-0.2, -0.15) is 0 Å². The summed E-state index contributed by atoms with van der Waals surface area (Å²) >= 11 is 1.58. The molecule has 120 valence electrons. The lowest BCUT2D eigenvalue weighted by Gasteiger charge is -2.28. The predicted molar refractivity (Wildman–Crippen MR) is 94.1 cm³/mol. The second-order valence-electron chi connectivity index (χ2n) is 5.89. The molecule has 23 heavy (non-hydrogen) atoms. The van der Waals surface area contributed by atoms with Crippen molar-refractivity contribution in [2.24, 2.45) is 0 Å². The molecule has 0 bridgehead atoms. The van der Waals surface area contributed by atoms with Crippen LogP contribution in [0, 0.1) is 0 Å². The third-order valence-electron chi connectivity index (χ3n) is 4.50. The average molecular weight is 327 g/mol. The maximum atomic E-state index is 12.5. The van der Waals surface area contributed by atoms with Gasteiger partial charge in [-0.15, -0.1) is 11.8 Å². The summed E-state index contributed by atoms with van der Waals surface area (Å²) in [5, 5.41) is 3.06. The minimum absolute atomic E-state index is 0.0395. The molecule has 3 rings (SSSR count). The van der Waals surface area contributed by atoms with Crippen LogP contribution in [0.5, 0.6) is 0 Å². The van der Waals surface area contributed by atoms with Crippen molar-refractivity contribution in [2.45, 2.75) is 23.3 Å². The lowest BCUT2D eigenvalue weighted by atomic mass is 10.00. The average Bonchev–Trinajstić information content (AvgIpc) is 2.99. The van der Waals surface area contributed by atoms with Crippen LogP contribution >= 0.6 is 11.8 Å². The standard InChI is InChI=1S/C19H21NO2S/c1-22-19(11-14-7-3-4-8-15(14)12-19)13-20-18(21)16-9-5-6-10-17(16)23-2/h3-10H,11-13H2,1-2H3,(H,20,21). The van der Waals surface area contributed by atoms with E-state index in [1.54, 1.807) is 18.9 Å². The van der Waals surface area contributed by atoms with E-state index in [2.05, 4.69) is 29.6 Å². The van der Waals surface area contributed by atoms with Gasteiger partial charge in [0.25, 0.3) is 5.91 Å². The van der Waals surface area contributed by atoms with Crippen molar-refractivity contribution >= 4 is 17.7 Å². The van der Waals surface area contributed by atoms with E-state index >= 15 is 0 Å². The van der Waals surface area contributed by atoms with Gasteiger partial charge in [0, 0.05) is 31.4 Å². The Bertz CT molecular complexity index is 689. The number of hydrogen-bond acceptors (Lipinski definition) is 3. The number of thioether (sulfide) groups is 1. The van der Waals surface area contributed by atoms with Gasteiger partial charge in [0.15, 0.2) is 0 Å². The van der Waals surface area contributed by atoms with E-state index in [1.165, 1.54) is 11.1 Å². The van der Waals surface area contributed by atoms with Crippen molar-refractivity contribution in [3.05, 3.63) is 65.2 Å². The van der Waals surface area contributed by atoms with Gasteiger partial charge in [-0.3, -0.25) is 4.79 Å². The van der Waals surface area contributed by atoms with Crippen LogP contribution < -0.4 is 5.32 Å². The van der Waals surface area contributed by atoms with E-state index in [0.29, 0.717) is 6.54 Å². The first-order chi connectivity index (χ1) is 11.2. The fourth-order valence-corrected chi connectivity index (χ4v) is 3.76. The Hall–Kier alpha value is -1.78. The monoisotopic (exact) mass is 327 g/mol. The van der Waals surface area contributed by atoms with E-state index in [-0.39, 0.29) is 11.5 Å². The zero-order valence-corrected chi connectivity index (χ0v) is 14.3. The van der Waals surface area contributed by atoms with Crippen molar-refractivity contribution in [3.63, 3.8) is 0 Å². The number of nitrogens with one attached hydrogen (secondary N) is 1. The highest BCUT2D eigenvalue weighted by Crippen LogP contribution is 2.32. The van der Waals surface area contributed by atoms with Crippen molar-refractivity contribution in [1.29, 1.82) is 0 Å². The third-order valence-corrected chi connectivity index (χ3v) is 5.30. The van der Waals surface area contributed by atoms with Crippen LogP contribution in [0.15, 0.2) is 53.4 Å². The normalized spacial score (nSPS) is 15.2. The molecule has 0 atom stereocenters. The van der Waals surface area contributed by atoms with E-state index in [9.17, 15) is 4.79 Å². The van der Waals surface area contributed by atoms with Crippen LogP contribution in [0.4, 0.5) is 0 Å². The molecule has 1 aliphatic carbocycles. The van der Waals surface area contributed by atoms with Crippen LogP contribution in [-0.2, 0) is 17.6 Å². The SMILES string of the molecule is COC1(CNC(=O)c2ccccc2SC)Cc2ccccc2C1. The topological polar surface area (TPSA) is 38.3 Å². The summed E-state index contributed by atoms with van der Waals surface area (Å²) in [6, 6.07) is 16.1.